The molecule has 2 atom stereocenters. The maximum absolute atomic E-state index is 13.7. The van der Waals surface area contributed by atoms with Gasteiger partial charge >= 0.3 is 6.03 Å². The lowest BCUT2D eigenvalue weighted by molar-refractivity contribution is -0.00521. The topological polar surface area (TPSA) is 82.2 Å². The first-order valence-corrected chi connectivity index (χ1v) is 15.1. The Bertz CT molecular complexity index is 1490. The maximum atomic E-state index is 13.7. The molecule has 0 saturated carbocycles. The summed E-state index contributed by atoms with van der Waals surface area (Å²) in [6, 6.07) is 24.5. The first-order chi connectivity index (χ1) is 21.0. The van der Waals surface area contributed by atoms with Crippen LogP contribution in [0.3, 0.4) is 0 Å². The third-order valence-electron chi connectivity index (χ3n) is 8.02. The standard InChI is InChI=1S/C34H40N6O3/c1-25-23-39(24-26(2)43-25)31-12-8-28(9-13-31)21-37-40(33-5-3-4-29-22-35-15-14-32(29)33)34(41)36-20-27-6-10-30(11-7-27)38-16-18-42-19-17-38/h3-15,22,25-26,37H,16-21,23-24H2,1-2H3,(H,36,41). The van der Waals surface area contributed by atoms with Crippen LogP contribution in [0.5, 0.6) is 0 Å². The number of morpholine rings is 2. The van der Waals surface area contributed by atoms with Crippen molar-refractivity contribution in [3.63, 3.8) is 0 Å². The number of urea groups is 1. The van der Waals surface area contributed by atoms with Crippen LogP contribution in [0, 0.1) is 0 Å². The van der Waals surface area contributed by atoms with Crippen LogP contribution in [0.15, 0.2) is 85.2 Å². The number of rotatable bonds is 8. The van der Waals surface area contributed by atoms with E-state index in [2.05, 4.69) is 87.9 Å². The van der Waals surface area contributed by atoms with Crippen molar-refractivity contribution in [1.29, 1.82) is 0 Å². The van der Waals surface area contributed by atoms with E-state index >= 15 is 0 Å². The van der Waals surface area contributed by atoms with Crippen molar-refractivity contribution in [2.24, 2.45) is 0 Å². The van der Waals surface area contributed by atoms with Crippen molar-refractivity contribution in [2.45, 2.75) is 39.1 Å². The molecule has 43 heavy (non-hydrogen) atoms. The minimum Gasteiger partial charge on any atom is -0.378 e. The lowest BCUT2D eigenvalue weighted by Crippen LogP contribution is -2.48. The van der Waals surface area contributed by atoms with Gasteiger partial charge in [-0.1, -0.05) is 36.4 Å². The molecule has 9 nitrogen and oxygen atoms in total. The molecule has 6 rings (SSSR count). The minimum atomic E-state index is -0.227. The lowest BCUT2D eigenvalue weighted by Gasteiger charge is -2.37. The highest BCUT2D eigenvalue weighted by atomic mass is 16.5. The van der Waals surface area contributed by atoms with Crippen LogP contribution in [-0.4, -0.2) is 62.6 Å². The number of nitrogens with one attached hydrogen (secondary N) is 2. The highest BCUT2D eigenvalue weighted by Crippen LogP contribution is 2.26. The molecule has 3 aromatic carbocycles. The smallest absolute Gasteiger partial charge is 0.336 e. The van der Waals surface area contributed by atoms with Crippen molar-refractivity contribution in [3.8, 4) is 0 Å². The van der Waals surface area contributed by atoms with E-state index in [1.54, 1.807) is 11.2 Å². The van der Waals surface area contributed by atoms with Gasteiger partial charge in [0, 0.05) is 73.8 Å². The molecule has 9 heteroatoms. The van der Waals surface area contributed by atoms with Crippen LogP contribution >= 0.6 is 0 Å². The second-order valence-electron chi connectivity index (χ2n) is 11.3. The van der Waals surface area contributed by atoms with Crippen molar-refractivity contribution >= 4 is 33.9 Å². The number of hydrazine groups is 1. The second kappa shape index (κ2) is 13.4. The number of benzene rings is 3. The second-order valence-corrected chi connectivity index (χ2v) is 11.3. The van der Waals surface area contributed by atoms with Crippen molar-refractivity contribution in [1.82, 2.24) is 15.7 Å². The molecule has 0 aliphatic carbocycles. The van der Waals surface area contributed by atoms with Crippen molar-refractivity contribution in [2.75, 3.05) is 54.2 Å². The fraction of sp³-hybridized carbons (Fsp3) is 0.353. The van der Waals surface area contributed by atoms with Gasteiger partial charge in [0.15, 0.2) is 0 Å². The Morgan fingerprint density at radius 3 is 2.21 bits per heavy atom. The average molecular weight is 581 g/mol. The first kappa shape index (κ1) is 28.9. The van der Waals surface area contributed by atoms with E-state index in [0.29, 0.717) is 13.1 Å². The fourth-order valence-corrected chi connectivity index (χ4v) is 5.85. The molecular formula is C34H40N6O3. The number of hydrogen-bond donors (Lipinski definition) is 2. The molecule has 2 aliphatic heterocycles. The van der Waals surface area contributed by atoms with E-state index in [-0.39, 0.29) is 18.2 Å². The predicted molar refractivity (Wildman–Crippen MR) is 171 cm³/mol. The average Bonchev–Trinajstić information content (AvgIpc) is 3.04. The molecule has 224 valence electrons. The summed E-state index contributed by atoms with van der Waals surface area (Å²) < 4.78 is 11.4. The predicted octanol–water partition coefficient (Wildman–Crippen LogP) is 5.11. The molecule has 0 spiro atoms. The maximum Gasteiger partial charge on any atom is 0.336 e. The zero-order valence-corrected chi connectivity index (χ0v) is 24.9. The first-order valence-electron chi connectivity index (χ1n) is 15.1. The van der Waals surface area contributed by atoms with Gasteiger partial charge in [-0.25, -0.2) is 15.2 Å². The van der Waals surface area contributed by atoms with Crippen LogP contribution in [0.25, 0.3) is 10.8 Å². The molecule has 2 amide bonds. The molecule has 3 heterocycles. The van der Waals surface area contributed by atoms with E-state index < -0.39 is 0 Å². The SMILES string of the molecule is CC1CN(c2ccc(CNN(C(=O)NCc3ccc(N4CCOCC4)cc3)c3cccc4cnccc34)cc2)CC(C)O1. The number of hydrogen-bond acceptors (Lipinski definition) is 7. The van der Waals surface area contributed by atoms with Gasteiger partial charge < -0.3 is 24.6 Å². The number of pyridine rings is 1. The third kappa shape index (κ3) is 7.07. The normalized spacial score (nSPS) is 18.9. The summed E-state index contributed by atoms with van der Waals surface area (Å²) in [6.07, 6.45) is 3.98. The Morgan fingerprint density at radius 1 is 0.860 bits per heavy atom. The molecule has 2 aliphatic rings. The molecule has 0 radical (unpaired) electrons. The molecular weight excluding hydrogens is 540 g/mol. The fourth-order valence-electron chi connectivity index (χ4n) is 5.85. The summed E-state index contributed by atoms with van der Waals surface area (Å²) in [6.45, 7) is 10.2. The number of aromatic nitrogens is 1. The Labute approximate surface area is 253 Å². The van der Waals surface area contributed by atoms with E-state index in [0.717, 1.165) is 67.0 Å². The zero-order chi connectivity index (χ0) is 29.6. The van der Waals surface area contributed by atoms with Crippen LogP contribution in [0.2, 0.25) is 0 Å². The van der Waals surface area contributed by atoms with Crippen LogP contribution in [0.1, 0.15) is 25.0 Å². The molecule has 2 saturated heterocycles. The quantitative estimate of drug-likeness (QED) is 0.281. The van der Waals surface area contributed by atoms with E-state index in [1.807, 2.05) is 30.5 Å². The molecule has 0 bridgehead atoms. The monoisotopic (exact) mass is 580 g/mol. The van der Waals surface area contributed by atoms with Gasteiger partial charge in [0.25, 0.3) is 0 Å². The summed E-state index contributed by atoms with van der Waals surface area (Å²) in [5, 5.41) is 6.64. The van der Waals surface area contributed by atoms with Gasteiger partial charge in [0.05, 0.1) is 31.1 Å². The number of amides is 2. The van der Waals surface area contributed by atoms with Gasteiger partial charge in [-0.2, -0.15) is 0 Å². The number of fused-ring (bicyclic) bond motifs is 1. The van der Waals surface area contributed by atoms with Gasteiger partial charge in [-0.05, 0) is 61.4 Å². The van der Waals surface area contributed by atoms with Crippen molar-refractivity contribution < 1.29 is 14.3 Å². The summed E-state index contributed by atoms with van der Waals surface area (Å²) in [7, 11) is 0. The molecule has 4 aromatic rings. The number of carbonyl (C=O) groups is 1. The number of ether oxygens (including phenoxy) is 2. The number of nitrogens with zero attached hydrogens (tertiary/aromatic N) is 4. The zero-order valence-electron chi connectivity index (χ0n) is 24.9. The summed E-state index contributed by atoms with van der Waals surface area (Å²) in [4.78, 5) is 22.7. The van der Waals surface area contributed by atoms with E-state index in [1.165, 1.54) is 11.4 Å². The van der Waals surface area contributed by atoms with Crippen molar-refractivity contribution in [3.05, 3.63) is 96.3 Å². The Kier molecular flexibility index (Phi) is 9.02. The Morgan fingerprint density at radius 2 is 1.51 bits per heavy atom. The largest absolute Gasteiger partial charge is 0.378 e. The number of carbonyl (C=O) groups excluding carboxylic acids is 1. The van der Waals surface area contributed by atoms with Gasteiger partial charge in [-0.15, -0.1) is 0 Å². The van der Waals surface area contributed by atoms with E-state index in [4.69, 9.17) is 9.47 Å². The molecule has 2 unspecified atom stereocenters. The van der Waals surface area contributed by atoms with Crippen LogP contribution < -0.4 is 25.6 Å². The Hall–Kier alpha value is -4.18. The van der Waals surface area contributed by atoms with E-state index in [9.17, 15) is 4.79 Å². The lowest BCUT2D eigenvalue weighted by atomic mass is 10.1. The van der Waals surface area contributed by atoms with Gasteiger partial charge in [0.1, 0.15) is 0 Å². The summed E-state index contributed by atoms with van der Waals surface area (Å²) in [5.74, 6) is 0. The minimum absolute atomic E-state index is 0.204. The van der Waals surface area contributed by atoms with Gasteiger partial charge in [0.2, 0.25) is 0 Å². The molecule has 2 fully saturated rings. The molecule has 2 N–H and O–H groups in total. The van der Waals surface area contributed by atoms with Crippen LogP contribution in [-0.2, 0) is 22.6 Å². The third-order valence-corrected chi connectivity index (χ3v) is 8.02. The van der Waals surface area contributed by atoms with Crippen LogP contribution in [0.4, 0.5) is 21.9 Å². The highest BCUT2D eigenvalue weighted by Gasteiger charge is 2.23. The summed E-state index contributed by atoms with van der Waals surface area (Å²) >= 11 is 0. The molecule has 1 aromatic heterocycles. The number of anilines is 3. The summed E-state index contributed by atoms with van der Waals surface area (Å²) in [5.41, 5.74) is 8.64. The van der Waals surface area contributed by atoms with Gasteiger partial charge in [-0.3, -0.25) is 4.98 Å². The Balaban J connectivity index is 1.15. The highest BCUT2D eigenvalue weighted by molar-refractivity contribution is 6.02.